The Balaban J connectivity index is 1.67. The average Bonchev–Trinajstić information content (AvgIpc) is 3.04. The molecule has 4 rings (SSSR count). The maximum atomic E-state index is 13.0. The minimum atomic E-state index is -0.351. The number of rotatable bonds is 4. The van der Waals surface area contributed by atoms with Gasteiger partial charge in [0.15, 0.2) is 10.9 Å². The number of thiophene rings is 1. The predicted molar refractivity (Wildman–Crippen MR) is 113 cm³/mol. The highest BCUT2D eigenvalue weighted by molar-refractivity contribution is 8.00. The Kier molecular flexibility index (Phi) is 5.14. The van der Waals surface area contributed by atoms with Gasteiger partial charge in [0.25, 0.3) is 5.56 Å². The summed E-state index contributed by atoms with van der Waals surface area (Å²) in [5.41, 5.74) is 1.79. The van der Waals surface area contributed by atoms with E-state index in [4.69, 9.17) is 16.6 Å². The molecular weight excluding hydrogens is 400 g/mol. The first-order valence-electron chi connectivity index (χ1n) is 8.93. The molecule has 3 aromatic rings. The summed E-state index contributed by atoms with van der Waals surface area (Å²) < 4.78 is 1.58. The number of carbonyl (C=O) groups excluding carboxylic acids is 1. The molecule has 0 amide bonds. The molecule has 2 heterocycles. The van der Waals surface area contributed by atoms with E-state index in [-0.39, 0.29) is 16.6 Å². The molecule has 0 unspecified atom stereocenters. The fourth-order valence-corrected chi connectivity index (χ4v) is 5.81. The molecule has 0 aliphatic heterocycles. The number of carbonyl (C=O) groups is 1. The van der Waals surface area contributed by atoms with Crippen LogP contribution in [0.4, 0.5) is 0 Å². The number of hydrogen-bond acceptors (Lipinski definition) is 5. The van der Waals surface area contributed by atoms with Crippen LogP contribution in [-0.2, 0) is 19.9 Å². The molecule has 0 N–H and O–H groups in total. The Hall–Kier alpha value is -1.63. The van der Waals surface area contributed by atoms with Crippen molar-refractivity contribution in [3.63, 3.8) is 0 Å². The molecule has 0 fully saturated rings. The second-order valence-electron chi connectivity index (χ2n) is 6.78. The van der Waals surface area contributed by atoms with Gasteiger partial charge in [0.2, 0.25) is 0 Å². The van der Waals surface area contributed by atoms with E-state index in [2.05, 4.69) is 0 Å². The van der Waals surface area contributed by atoms with E-state index in [0.29, 0.717) is 15.7 Å². The topological polar surface area (TPSA) is 52.0 Å². The Bertz CT molecular complexity index is 1090. The summed E-state index contributed by atoms with van der Waals surface area (Å²) in [7, 11) is 1.74. The fraction of sp³-hybridized carbons (Fsp3) is 0.350. The van der Waals surface area contributed by atoms with E-state index in [1.165, 1.54) is 28.6 Å². The predicted octanol–water partition coefficient (Wildman–Crippen LogP) is 4.89. The molecule has 0 bridgehead atoms. The van der Waals surface area contributed by atoms with E-state index < -0.39 is 0 Å². The van der Waals surface area contributed by atoms with Gasteiger partial charge < -0.3 is 0 Å². The molecule has 27 heavy (non-hydrogen) atoms. The average molecular weight is 419 g/mol. The van der Waals surface area contributed by atoms with Gasteiger partial charge in [0.1, 0.15) is 4.83 Å². The number of benzene rings is 1. The summed E-state index contributed by atoms with van der Waals surface area (Å²) in [5, 5.41) is 1.61. The number of fused-ring (bicyclic) bond motifs is 3. The number of nitrogens with zero attached hydrogens (tertiary/aromatic N) is 2. The second-order valence-corrected chi connectivity index (χ2v) is 9.61. The van der Waals surface area contributed by atoms with Crippen molar-refractivity contribution in [2.45, 2.75) is 43.0 Å². The van der Waals surface area contributed by atoms with Crippen LogP contribution >= 0.6 is 34.7 Å². The Morgan fingerprint density at radius 2 is 1.96 bits per heavy atom. The van der Waals surface area contributed by atoms with Crippen LogP contribution < -0.4 is 5.56 Å². The number of aryl methyl sites for hydroxylation is 2. The van der Waals surface area contributed by atoms with Crippen LogP contribution in [0.2, 0.25) is 5.02 Å². The monoisotopic (exact) mass is 418 g/mol. The highest BCUT2D eigenvalue weighted by Crippen LogP contribution is 2.35. The summed E-state index contributed by atoms with van der Waals surface area (Å²) >= 11 is 8.86. The van der Waals surface area contributed by atoms with E-state index >= 15 is 0 Å². The van der Waals surface area contributed by atoms with E-state index in [9.17, 15) is 9.59 Å². The summed E-state index contributed by atoms with van der Waals surface area (Å²) in [6.07, 6.45) is 4.30. The molecule has 4 nitrogen and oxygen atoms in total. The van der Waals surface area contributed by atoms with Crippen molar-refractivity contribution in [3.8, 4) is 0 Å². The van der Waals surface area contributed by atoms with Crippen LogP contribution in [0.15, 0.2) is 34.2 Å². The molecule has 1 aromatic carbocycles. The first-order chi connectivity index (χ1) is 13.0. The summed E-state index contributed by atoms with van der Waals surface area (Å²) in [4.78, 5) is 32.5. The molecule has 0 radical (unpaired) electrons. The normalized spacial score (nSPS) is 14.9. The Morgan fingerprint density at radius 3 is 2.70 bits per heavy atom. The van der Waals surface area contributed by atoms with Crippen molar-refractivity contribution in [1.82, 2.24) is 9.55 Å². The Labute approximate surface area is 170 Å². The van der Waals surface area contributed by atoms with Gasteiger partial charge in [0.05, 0.1) is 10.6 Å². The van der Waals surface area contributed by atoms with Crippen LogP contribution in [-0.4, -0.2) is 20.6 Å². The van der Waals surface area contributed by atoms with Gasteiger partial charge >= 0.3 is 0 Å². The number of halogens is 1. The maximum Gasteiger partial charge on any atom is 0.262 e. The van der Waals surface area contributed by atoms with Gasteiger partial charge in [-0.15, -0.1) is 11.3 Å². The quantitative estimate of drug-likeness (QED) is 0.344. The highest BCUT2D eigenvalue weighted by atomic mass is 35.5. The number of thioether (sulfide) groups is 1. The lowest BCUT2D eigenvalue weighted by molar-refractivity contribution is 0.0994. The first-order valence-corrected chi connectivity index (χ1v) is 11.0. The zero-order valence-electron chi connectivity index (χ0n) is 15.1. The fourth-order valence-electron chi connectivity index (χ4n) is 3.43. The van der Waals surface area contributed by atoms with Crippen LogP contribution in [0.3, 0.4) is 0 Å². The molecule has 0 saturated carbocycles. The van der Waals surface area contributed by atoms with Crippen LogP contribution in [0, 0.1) is 0 Å². The lowest BCUT2D eigenvalue weighted by atomic mass is 9.97. The third-order valence-corrected chi connectivity index (χ3v) is 7.52. The summed E-state index contributed by atoms with van der Waals surface area (Å²) in [5.74, 6) is -0.00325. The number of hydrogen-bond donors (Lipinski definition) is 0. The van der Waals surface area contributed by atoms with Gasteiger partial charge in [-0.05, 0) is 62.4 Å². The summed E-state index contributed by atoms with van der Waals surface area (Å²) in [6.45, 7) is 1.84. The zero-order valence-corrected chi connectivity index (χ0v) is 17.5. The lowest BCUT2D eigenvalue weighted by Crippen LogP contribution is -2.22. The van der Waals surface area contributed by atoms with Crippen LogP contribution in [0.25, 0.3) is 10.2 Å². The molecule has 1 aliphatic rings. The van der Waals surface area contributed by atoms with Crippen molar-refractivity contribution in [2.24, 2.45) is 7.05 Å². The van der Waals surface area contributed by atoms with Crippen molar-refractivity contribution < 1.29 is 4.79 Å². The van der Waals surface area contributed by atoms with E-state index in [0.717, 1.165) is 29.5 Å². The highest BCUT2D eigenvalue weighted by Gasteiger charge is 2.23. The molecule has 1 atom stereocenters. The van der Waals surface area contributed by atoms with Crippen LogP contribution in [0.5, 0.6) is 0 Å². The van der Waals surface area contributed by atoms with Crippen LogP contribution in [0.1, 0.15) is 40.6 Å². The van der Waals surface area contributed by atoms with Crippen molar-refractivity contribution >= 4 is 50.7 Å². The molecule has 0 saturated heterocycles. The zero-order chi connectivity index (χ0) is 19.1. The largest absolute Gasteiger partial charge is 0.293 e. The summed E-state index contributed by atoms with van der Waals surface area (Å²) in [6, 6.07) is 6.88. The number of aromatic nitrogens is 2. The molecule has 0 spiro atoms. The van der Waals surface area contributed by atoms with Gasteiger partial charge in [-0.3, -0.25) is 14.2 Å². The van der Waals surface area contributed by atoms with Crippen molar-refractivity contribution in [2.75, 3.05) is 0 Å². The van der Waals surface area contributed by atoms with Crippen molar-refractivity contribution in [1.29, 1.82) is 0 Å². The van der Waals surface area contributed by atoms with Gasteiger partial charge in [-0.2, -0.15) is 0 Å². The second kappa shape index (κ2) is 7.41. The van der Waals surface area contributed by atoms with Gasteiger partial charge in [0, 0.05) is 22.5 Å². The van der Waals surface area contributed by atoms with E-state index in [1.54, 1.807) is 47.2 Å². The molecule has 2 aromatic heterocycles. The smallest absolute Gasteiger partial charge is 0.262 e. The maximum absolute atomic E-state index is 13.0. The first kappa shape index (κ1) is 18.7. The third-order valence-electron chi connectivity index (χ3n) is 4.94. The standard InChI is InChI=1S/C20H19ClN2O2S2/c1-11(17(24)12-7-9-13(21)10-8-12)26-20-22-18-16(19(25)23(20)2)14-5-3-4-6-15(14)27-18/h7-11H,3-6H2,1-2H3/t11-/m1/s1. The molecule has 1 aliphatic carbocycles. The molecule has 7 heteroatoms. The van der Waals surface area contributed by atoms with Crippen molar-refractivity contribution in [3.05, 3.63) is 55.6 Å². The molecular formula is C20H19ClN2O2S2. The van der Waals surface area contributed by atoms with Gasteiger partial charge in [-0.1, -0.05) is 23.4 Å². The van der Waals surface area contributed by atoms with E-state index in [1.807, 2.05) is 6.92 Å². The number of Topliss-reactive ketones (excluding diaryl/α,β-unsaturated/α-hetero) is 1. The lowest BCUT2D eigenvalue weighted by Gasteiger charge is -2.13. The minimum absolute atomic E-state index is 0.00325. The van der Waals surface area contributed by atoms with Gasteiger partial charge in [-0.25, -0.2) is 4.98 Å². The third kappa shape index (κ3) is 3.46. The SMILES string of the molecule is C[C@@H](Sc1nc2sc3c(c2c(=O)n1C)CCCC3)C(=O)c1ccc(Cl)cc1. The number of ketones is 1. The minimum Gasteiger partial charge on any atom is -0.293 e. The molecule has 140 valence electrons. The Morgan fingerprint density at radius 1 is 1.26 bits per heavy atom.